The van der Waals surface area contributed by atoms with E-state index in [1.54, 1.807) is 6.20 Å². The quantitative estimate of drug-likeness (QED) is 0.211. The topological polar surface area (TPSA) is 81.5 Å². The van der Waals surface area contributed by atoms with Gasteiger partial charge in [-0.1, -0.05) is 31.8 Å². The zero-order chi connectivity index (χ0) is 24.4. The van der Waals surface area contributed by atoms with Gasteiger partial charge in [-0.3, -0.25) is 15.1 Å². The third-order valence-corrected chi connectivity index (χ3v) is 7.69. The minimum atomic E-state index is -1.15. The van der Waals surface area contributed by atoms with E-state index < -0.39 is 8.07 Å². The molecule has 1 aromatic carbocycles. The van der Waals surface area contributed by atoms with Crippen LogP contribution in [0.25, 0.3) is 44.7 Å². The minimum Gasteiger partial charge on any atom is -0.361 e. The highest BCUT2D eigenvalue weighted by Gasteiger charge is 2.18. The second kappa shape index (κ2) is 9.56. The number of fused-ring (bicyclic) bond motifs is 1. The Balaban J connectivity index is 1.53. The summed E-state index contributed by atoms with van der Waals surface area (Å²) >= 11 is 0. The number of hydrogen-bond acceptors (Lipinski definition) is 5. The maximum absolute atomic E-state index is 6.08. The lowest BCUT2D eigenvalue weighted by Crippen LogP contribution is -2.22. The molecule has 0 bridgehead atoms. The van der Waals surface area contributed by atoms with Crippen molar-refractivity contribution in [2.45, 2.75) is 39.3 Å². The molecule has 4 heterocycles. The van der Waals surface area contributed by atoms with Crippen molar-refractivity contribution in [1.82, 2.24) is 29.7 Å². The van der Waals surface area contributed by atoms with Gasteiger partial charge in [0.25, 0.3) is 0 Å². The normalized spacial score (nSPS) is 11.9. The molecular formula is C27H30N6OSi. The van der Waals surface area contributed by atoms with Gasteiger partial charge in [0.15, 0.2) is 0 Å². The number of benzene rings is 1. The maximum Gasteiger partial charge on any atom is 0.124 e. The molecule has 1 N–H and O–H groups in total. The van der Waals surface area contributed by atoms with Crippen molar-refractivity contribution in [1.29, 1.82) is 0 Å². The Kier molecular flexibility index (Phi) is 6.32. The minimum absolute atomic E-state index is 0.447. The van der Waals surface area contributed by atoms with E-state index >= 15 is 0 Å². The molecule has 0 aliphatic heterocycles. The number of nitrogens with one attached hydrogen (secondary N) is 1. The van der Waals surface area contributed by atoms with Crippen LogP contribution in [-0.4, -0.2) is 44.4 Å². The Morgan fingerprint density at radius 1 is 0.971 bits per heavy atom. The number of nitrogens with zero attached hydrogens (tertiary/aromatic N) is 5. The third-order valence-electron chi connectivity index (χ3n) is 5.98. The fourth-order valence-corrected chi connectivity index (χ4v) is 4.78. The monoisotopic (exact) mass is 482 g/mol. The van der Waals surface area contributed by atoms with Crippen LogP contribution in [0.5, 0.6) is 0 Å². The lowest BCUT2D eigenvalue weighted by Gasteiger charge is -2.16. The number of hydrogen-bond donors (Lipinski definition) is 1. The Morgan fingerprint density at radius 2 is 1.83 bits per heavy atom. The van der Waals surface area contributed by atoms with Gasteiger partial charge < -0.3 is 9.30 Å². The van der Waals surface area contributed by atoms with Crippen LogP contribution in [-0.2, 0) is 11.5 Å². The van der Waals surface area contributed by atoms with Crippen molar-refractivity contribution < 1.29 is 4.74 Å². The number of H-pyrrole nitrogens is 1. The van der Waals surface area contributed by atoms with Gasteiger partial charge in [0.2, 0.25) is 0 Å². The Morgan fingerprint density at radius 3 is 2.60 bits per heavy atom. The van der Waals surface area contributed by atoms with E-state index in [1.807, 2.05) is 49.9 Å². The zero-order valence-electron chi connectivity index (χ0n) is 20.6. The van der Waals surface area contributed by atoms with E-state index in [0.717, 1.165) is 63.0 Å². The van der Waals surface area contributed by atoms with Gasteiger partial charge in [-0.05, 0) is 43.3 Å². The molecule has 0 spiro atoms. The molecular weight excluding hydrogens is 452 g/mol. The van der Waals surface area contributed by atoms with Crippen LogP contribution in [0.15, 0.2) is 67.4 Å². The van der Waals surface area contributed by atoms with Gasteiger partial charge in [0.1, 0.15) is 6.73 Å². The SMILES string of the molecule is Cc1cccc(-c2c(-c3ccc4ncc(-c5cn[nH]c5)cc4c3)ncn2COCC[Si](C)(C)C)n1. The van der Waals surface area contributed by atoms with Crippen LogP contribution < -0.4 is 0 Å². The molecule has 0 atom stereocenters. The number of aromatic amines is 1. The predicted molar refractivity (Wildman–Crippen MR) is 143 cm³/mol. The molecule has 0 aliphatic rings. The smallest absolute Gasteiger partial charge is 0.124 e. The number of imidazole rings is 1. The first-order valence-electron chi connectivity index (χ1n) is 11.8. The highest BCUT2D eigenvalue weighted by Crippen LogP contribution is 2.33. The van der Waals surface area contributed by atoms with E-state index in [2.05, 4.69) is 57.6 Å². The fraction of sp³-hybridized carbons (Fsp3) is 0.259. The zero-order valence-corrected chi connectivity index (χ0v) is 21.6. The molecule has 0 saturated carbocycles. The van der Waals surface area contributed by atoms with Crippen LogP contribution in [0.1, 0.15) is 5.69 Å². The average Bonchev–Trinajstić information content (AvgIpc) is 3.51. The molecule has 5 rings (SSSR count). The summed E-state index contributed by atoms with van der Waals surface area (Å²) in [4.78, 5) is 14.3. The molecule has 0 fully saturated rings. The van der Waals surface area contributed by atoms with Crippen LogP contribution in [0.2, 0.25) is 25.7 Å². The lowest BCUT2D eigenvalue weighted by atomic mass is 10.0. The summed E-state index contributed by atoms with van der Waals surface area (Å²) in [6.45, 7) is 10.3. The molecule has 178 valence electrons. The third kappa shape index (κ3) is 5.23. The summed E-state index contributed by atoms with van der Waals surface area (Å²) in [6, 6.07) is 15.6. The summed E-state index contributed by atoms with van der Waals surface area (Å²) in [5.41, 5.74) is 7.67. The molecule has 0 saturated heterocycles. The molecule has 0 aliphatic carbocycles. The molecule has 35 heavy (non-hydrogen) atoms. The predicted octanol–water partition coefficient (Wildman–Crippen LogP) is 6.17. The Bertz CT molecular complexity index is 1450. The molecule has 4 aromatic heterocycles. The standard InChI is InChI=1S/C27H30N6OSi/c1-19-6-5-7-25(32-19)27-26(29-17-33(27)18-34-10-11-35(2,3)4)20-8-9-24-21(12-20)13-22(14-28-24)23-15-30-31-16-23/h5-9,12-17H,10-11,18H2,1-4H3,(H,30,31). The van der Waals surface area contributed by atoms with E-state index in [4.69, 9.17) is 14.7 Å². The molecule has 8 heteroatoms. The number of aromatic nitrogens is 6. The number of pyridine rings is 2. The van der Waals surface area contributed by atoms with Gasteiger partial charge in [-0.15, -0.1) is 0 Å². The molecule has 5 aromatic rings. The lowest BCUT2D eigenvalue weighted by molar-refractivity contribution is 0.0881. The summed E-state index contributed by atoms with van der Waals surface area (Å²) in [5, 5.41) is 7.98. The molecule has 7 nitrogen and oxygen atoms in total. The first kappa shape index (κ1) is 23.1. The Hall–Kier alpha value is -3.62. The van der Waals surface area contributed by atoms with Gasteiger partial charge >= 0.3 is 0 Å². The molecule has 0 amide bonds. The van der Waals surface area contributed by atoms with Crippen molar-refractivity contribution >= 4 is 19.0 Å². The van der Waals surface area contributed by atoms with E-state index in [-0.39, 0.29) is 0 Å². The van der Waals surface area contributed by atoms with Crippen molar-refractivity contribution in [3.63, 3.8) is 0 Å². The number of aryl methyl sites for hydroxylation is 1. The largest absolute Gasteiger partial charge is 0.361 e. The maximum atomic E-state index is 6.08. The van der Waals surface area contributed by atoms with Gasteiger partial charge in [0.05, 0.1) is 35.1 Å². The Labute approximate surface area is 206 Å². The first-order chi connectivity index (χ1) is 16.9. The van der Waals surface area contributed by atoms with Crippen LogP contribution in [0.3, 0.4) is 0 Å². The summed E-state index contributed by atoms with van der Waals surface area (Å²) in [6.07, 6.45) is 7.41. The van der Waals surface area contributed by atoms with E-state index in [9.17, 15) is 0 Å². The van der Waals surface area contributed by atoms with Gasteiger partial charge in [0, 0.05) is 54.8 Å². The van der Waals surface area contributed by atoms with Crippen LogP contribution in [0.4, 0.5) is 0 Å². The molecule has 0 radical (unpaired) electrons. The average molecular weight is 483 g/mol. The van der Waals surface area contributed by atoms with E-state index in [1.165, 1.54) is 0 Å². The van der Waals surface area contributed by atoms with Crippen molar-refractivity contribution in [3.8, 4) is 33.8 Å². The number of rotatable bonds is 8. The second-order valence-electron chi connectivity index (χ2n) is 10.0. The molecule has 0 unspecified atom stereocenters. The summed E-state index contributed by atoms with van der Waals surface area (Å²) in [5.74, 6) is 0. The number of ether oxygens (including phenoxy) is 1. The highest BCUT2D eigenvalue weighted by atomic mass is 28.3. The first-order valence-corrected chi connectivity index (χ1v) is 15.5. The van der Waals surface area contributed by atoms with Crippen molar-refractivity contribution in [2.75, 3.05) is 6.61 Å². The second-order valence-corrected chi connectivity index (χ2v) is 15.7. The summed E-state index contributed by atoms with van der Waals surface area (Å²) in [7, 11) is -1.15. The van der Waals surface area contributed by atoms with Crippen LogP contribution in [0, 0.1) is 6.92 Å². The summed E-state index contributed by atoms with van der Waals surface area (Å²) < 4.78 is 8.14. The highest BCUT2D eigenvalue weighted by molar-refractivity contribution is 6.76. The van der Waals surface area contributed by atoms with Gasteiger partial charge in [-0.25, -0.2) is 4.98 Å². The van der Waals surface area contributed by atoms with Gasteiger partial charge in [-0.2, -0.15) is 5.10 Å². The van der Waals surface area contributed by atoms with Crippen molar-refractivity contribution in [2.24, 2.45) is 0 Å². The fourth-order valence-electron chi connectivity index (χ4n) is 4.02. The van der Waals surface area contributed by atoms with Crippen molar-refractivity contribution in [3.05, 3.63) is 73.1 Å². The van der Waals surface area contributed by atoms with Crippen LogP contribution >= 0.6 is 0 Å². The van der Waals surface area contributed by atoms with E-state index in [0.29, 0.717) is 6.73 Å².